The Morgan fingerprint density at radius 1 is 1.26 bits per heavy atom. The Kier molecular flexibility index (Phi) is 2.42. The second kappa shape index (κ2) is 3.99. The van der Waals surface area contributed by atoms with Crippen LogP contribution in [-0.2, 0) is 7.05 Å². The van der Waals surface area contributed by atoms with Gasteiger partial charge in [-0.3, -0.25) is 0 Å². The first-order valence-electron chi connectivity index (χ1n) is 6.13. The summed E-state index contributed by atoms with van der Waals surface area (Å²) >= 11 is 0. The standard InChI is InChI=1S/C15H14N4/c1-9-12(8-16)7-15(19(9)3)11-4-5-13-14(6-11)18-10(2)17-13/h4-7H,1-3H3,(H,17,18). The Bertz CT molecular complexity index is 815. The Hall–Kier alpha value is -2.54. The van der Waals surface area contributed by atoms with Crippen LogP contribution in [0.25, 0.3) is 22.3 Å². The second-order valence-electron chi connectivity index (χ2n) is 4.75. The number of nitrogens with zero attached hydrogens (tertiary/aromatic N) is 3. The zero-order valence-corrected chi connectivity index (χ0v) is 11.2. The van der Waals surface area contributed by atoms with E-state index in [9.17, 15) is 0 Å². The normalized spacial score (nSPS) is 10.8. The summed E-state index contributed by atoms with van der Waals surface area (Å²) in [4.78, 5) is 7.63. The van der Waals surface area contributed by atoms with Gasteiger partial charge in [-0.05, 0) is 32.0 Å². The average Bonchev–Trinajstić information content (AvgIpc) is 2.90. The average molecular weight is 250 g/mol. The van der Waals surface area contributed by atoms with Crippen LogP contribution < -0.4 is 0 Å². The van der Waals surface area contributed by atoms with Gasteiger partial charge in [0, 0.05) is 24.0 Å². The number of H-pyrrole nitrogens is 1. The van der Waals surface area contributed by atoms with Crippen molar-refractivity contribution < 1.29 is 0 Å². The molecule has 0 atom stereocenters. The Labute approximate surface area is 111 Å². The minimum Gasteiger partial charge on any atom is -0.347 e. The minimum absolute atomic E-state index is 0.721. The molecule has 4 heteroatoms. The van der Waals surface area contributed by atoms with Crippen molar-refractivity contribution in [1.29, 1.82) is 5.26 Å². The van der Waals surface area contributed by atoms with Crippen molar-refractivity contribution in [3.8, 4) is 17.3 Å². The van der Waals surface area contributed by atoms with Crippen LogP contribution in [0, 0.1) is 25.2 Å². The molecule has 0 aliphatic carbocycles. The van der Waals surface area contributed by atoms with Gasteiger partial charge in [-0.25, -0.2) is 4.98 Å². The lowest BCUT2D eigenvalue weighted by Crippen LogP contribution is -1.94. The van der Waals surface area contributed by atoms with E-state index in [4.69, 9.17) is 5.26 Å². The molecule has 0 amide bonds. The fourth-order valence-corrected chi connectivity index (χ4v) is 2.39. The Morgan fingerprint density at radius 2 is 2.05 bits per heavy atom. The van der Waals surface area contributed by atoms with Gasteiger partial charge < -0.3 is 9.55 Å². The second-order valence-corrected chi connectivity index (χ2v) is 4.75. The Morgan fingerprint density at radius 3 is 2.74 bits per heavy atom. The number of hydrogen-bond donors (Lipinski definition) is 1. The fourth-order valence-electron chi connectivity index (χ4n) is 2.39. The van der Waals surface area contributed by atoms with Crippen molar-refractivity contribution in [3.63, 3.8) is 0 Å². The van der Waals surface area contributed by atoms with E-state index in [0.29, 0.717) is 0 Å². The van der Waals surface area contributed by atoms with Gasteiger partial charge in [0.15, 0.2) is 0 Å². The summed E-state index contributed by atoms with van der Waals surface area (Å²) in [5.74, 6) is 0.910. The van der Waals surface area contributed by atoms with Crippen LogP contribution >= 0.6 is 0 Å². The highest BCUT2D eigenvalue weighted by molar-refractivity contribution is 5.81. The maximum absolute atomic E-state index is 9.10. The van der Waals surface area contributed by atoms with Crippen molar-refractivity contribution in [1.82, 2.24) is 14.5 Å². The summed E-state index contributed by atoms with van der Waals surface area (Å²) in [6.45, 7) is 3.90. The molecule has 0 aliphatic rings. The van der Waals surface area contributed by atoms with E-state index in [-0.39, 0.29) is 0 Å². The number of aryl methyl sites for hydroxylation is 1. The molecule has 3 aromatic rings. The summed E-state index contributed by atoms with van der Waals surface area (Å²) in [5, 5.41) is 9.10. The fraction of sp³-hybridized carbons (Fsp3) is 0.200. The van der Waals surface area contributed by atoms with E-state index < -0.39 is 0 Å². The summed E-state index contributed by atoms with van der Waals surface area (Å²) in [5.41, 5.74) is 5.82. The molecule has 0 unspecified atom stereocenters. The number of nitrogens with one attached hydrogen (secondary N) is 1. The quantitative estimate of drug-likeness (QED) is 0.721. The van der Waals surface area contributed by atoms with Crippen LogP contribution in [0.15, 0.2) is 24.3 Å². The molecule has 4 nitrogen and oxygen atoms in total. The number of aromatic nitrogens is 3. The molecule has 0 saturated carbocycles. The first kappa shape index (κ1) is 11.5. The number of nitriles is 1. The number of fused-ring (bicyclic) bond motifs is 1. The van der Waals surface area contributed by atoms with E-state index in [1.807, 2.05) is 43.7 Å². The van der Waals surface area contributed by atoms with Crippen LogP contribution in [0.1, 0.15) is 17.1 Å². The number of benzene rings is 1. The van der Waals surface area contributed by atoms with Crippen LogP contribution in [0.2, 0.25) is 0 Å². The highest BCUT2D eigenvalue weighted by Crippen LogP contribution is 2.26. The third-order valence-electron chi connectivity index (χ3n) is 3.55. The molecule has 1 N–H and O–H groups in total. The van der Waals surface area contributed by atoms with Crippen molar-refractivity contribution in [3.05, 3.63) is 41.3 Å². The molecule has 2 heterocycles. The summed E-state index contributed by atoms with van der Waals surface area (Å²) in [7, 11) is 1.98. The third-order valence-corrected chi connectivity index (χ3v) is 3.55. The van der Waals surface area contributed by atoms with Crippen LogP contribution in [0.4, 0.5) is 0 Å². The van der Waals surface area contributed by atoms with E-state index >= 15 is 0 Å². The molecule has 0 aliphatic heterocycles. The molecular formula is C15H14N4. The summed E-state index contributed by atoms with van der Waals surface area (Å²) in [6.07, 6.45) is 0. The molecule has 0 fully saturated rings. The topological polar surface area (TPSA) is 57.4 Å². The van der Waals surface area contributed by atoms with E-state index in [2.05, 4.69) is 22.1 Å². The van der Waals surface area contributed by atoms with Crippen LogP contribution in [0.5, 0.6) is 0 Å². The number of rotatable bonds is 1. The molecule has 0 radical (unpaired) electrons. The molecule has 1 aromatic carbocycles. The summed E-state index contributed by atoms with van der Waals surface area (Å²) in [6, 6.07) is 10.3. The maximum Gasteiger partial charge on any atom is 0.104 e. The monoisotopic (exact) mass is 250 g/mol. The highest BCUT2D eigenvalue weighted by Gasteiger charge is 2.11. The third kappa shape index (κ3) is 1.71. The lowest BCUT2D eigenvalue weighted by Gasteiger charge is -2.05. The van der Waals surface area contributed by atoms with Crippen molar-refractivity contribution in [2.24, 2.45) is 7.05 Å². The van der Waals surface area contributed by atoms with Gasteiger partial charge >= 0.3 is 0 Å². The molecule has 94 valence electrons. The lowest BCUT2D eigenvalue weighted by molar-refractivity contribution is 0.889. The van der Waals surface area contributed by atoms with Gasteiger partial charge in [0.2, 0.25) is 0 Å². The van der Waals surface area contributed by atoms with Crippen LogP contribution in [-0.4, -0.2) is 14.5 Å². The lowest BCUT2D eigenvalue weighted by atomic mass is 10.1. The molecule has 0 spiro atoms. The maximum atomic E-state index is 9.10. The largest absolute Gasteiger partial charge is 0.347 e. The molecule has 19 heavy (non-hydrogen) atoms. The first-order valence-corrected chi connectivity index (χ1v) is 6.13. The zero-order chi connectivity index (χ0) is 13.6. The summed E-state index contributed by atoms with van der Waals surface area (Å²) < 4.78 is 2.04. The van der Waals surface area contributed by atoms with Gasteiger partial charge in [0.1, 0.15) is 11.9 Å². The predicted molar refractivity (Wildman–Crippen MR) is 74.7 cm³/mol. The highest BCUT2D eigenvalue weighted by atomic mass is 15.0. The molecule has 0 bridgehead atoms. The van der Waals surface area contributed by atoms with Gasteiger partial charge in [0.05, 0.1) is 16.6 Å². The van der Waals surface area contributed by atoms with Crippen LogP contribution in [0.3, 0.4) is 0 Å². The van der Waals surface area contributed by atoms with E-state index in [1.54, 1.807) is 0 Å². The van der Waals surface area contributed by atoms with Crippen molar-refractivity contribution in [2.45, 2.75) is 13.8 Å². The molecule has 0 saturated heterocycles. The smallest absolute Gasteiger partial charge is 0.104 e. The van der Waals surface area contributed by atoms with E-state index in [1.165, 1.54) is 0 Å². The SMILES string of the molecule is Cc1nc2ccc(-c3cc(C#N)c(C)n3C)cc2[nH]1. The number of hydrogen-bond acceptors (Lipinski definition) is 2. The minimum atomic E-state index is 0.721. The van der Waals surface area contributed by atoms with Crippen molar-refractivity contribution in [2.75, 3.05) is 0 Å². The predicted octanol–water partition coefficient (Wildman–Crippen LogP) is 3.06. The van der Waals surface area contributed by atoms with E-state index in [0.717, 1.165) is 39.4 Å². The number of imidazole rings is 1. The molecular weight excluding hydrogens is 236 g/mol. The van der Waals surface area contributed by atoms with Gasteiger partial charge in [-0.2, -0.15) is 5.26 Å². The zero-order valence-electron chi connectivity index (χ0n) is 11.2. The van der Waals surface area contributed by atoms with Crippen molar-refractivity contribution >= 4 is 11.0 Å². The Balaban J connectivity index is 2.21. The number of aromatic amines is 1. The van der Waals surface area contributed by atoms with Gasteiger partial charge in [0.25, 0.3) is 0 Å². The molecule has 3 rings (SSSR count). The van der Waals surface area contributed by atoms with Gasteiger partial charge in [-0.15, -0.1) is 0 Å². The molecule has 2 aromatic heterocycles. The first-order chi connectivity index (χ1) is 9.10. The van der Waals surface area contributed by atoms with Gasteiger partial charge in [-0.1, -0.05) is 6.07 Å².